The van der Waals surface area contributed by atoms with Crippen LogP contribution in [0, 0.1) is 6.92 Å². The van der Waals surface area contributed by atoms with Gasteiger partial charge in [-0.05, 0) is 26.7 Å². The fourth-order valence-corrected chi connectivity index (χ4v) is 1.66. The van der Waals surface area contributed by atoms with Crippen LogP contribution in [0.25, 0.3) is 11.6 Å². The molecular weight excluding hydrogens is 148 g/mol. The Morgan fingerprint density at radius 3 is 2.92 bits per heavy atom. The van der Waals surface area contributed by atoms with E-state index in [1.54, 1.807) is 0 Å². The van der Waals surface area contributed by atoms with Gasteiger partial charge in [-0.25, -0.2) is 0 Å². The predicted octanol–water partition coefficient (Wildman–Crippen LogP) is 0.530. The smallest absolute Gasteiger partial charge is 0.0675 e. The number of hydrogen-bond acceptors (Lipinski definition) is 2. The molecule has 2 rings (SSSR count). The van der Waals surface area contributed by atoms with Crippen molar-refractivity contribution >= 4 is 11.6 Å². The summed E-state index contributed by atoms with van der Waals surface area (Å²) in [7, 11) is 0. The van der Waals surface area contributed by atoms with Gasteiger partial charge in [0.25, 0.3) is 0 Å². The van der Waals surface area contributed by atoms with E-state index in [1.807, 2.05) is 13.1 Å². The van der Waals surface area contributed by atoms with Gasteiger partial charge < -0.3 is 0 Å². The number of rotatable bonds is 0. The average Bonchev–Trinajstić information content (AvgIpc) is 2.07. The third-order valence-electron chi connectivity index (χ3n) is 2.40. The molecule has 0 spiro atoms. The second-order valence-electron chi connectivity index (χ2n) is 3.28. The lowest BCUT2D eigenvalue weighted by atomic mass is 10.0. The lowest BCUT2D eigenvalue weighted by molar-refractivity contribution is 0.932. The van der Waals surface area contributed by atoms with Crippen LogP contribution in [0.2, 0.25) is 0 Å². The fourth-order valence-electron chi connectivity index (χ4n) is 1.66. The van der Waals surface area contributed by atoms with Crippen LogP contribution < -0.4 is 10.4 Å². The molecule has 12 heavy (non-hydrogen) atoms. The molecule has 0 radical (unpaired) electrons. The molecule has 0 saturated heterocycles. The molecular formula is C10H12N2. The molecule has 0 aromatic carbocycles. The van der Waals surface area contributed by atoms with Crippen LogP contribution in [0.15, 0.2) is 6.20 Å². The first-order valence-electron chi connectivity index (χ1n) is 4.27. The Labute approximate surface area is 71.6 Å². The maximum Gasteiger partial charge on any atom is 0.0675 e. The first kappa shape index (κ1) is 7.47. The molecule has 0 amide bonds. The van der Waals surface area contributed by atoms with E-state index in [2.05, 4.69) is 23.2 Å². The van der Waals surface area contributed by atoms with Crippen LogP contribution in [-0.2, 0) is 0 Å². The van der Waals surface area contributed by atoms with Gasteiger partial charge in [0.2, 0.25) is 0 Å². The molecule has 1 aromatic heterocycles. The van der Waals surface area contributed by atoms with Crippen LogP contribution in [0.1, 0.15) is 25.5 Å². The van der Waals surface area contributed by atoms with Gasteiger partial charge in [-0.3, -0.25) is 0 Å². The van der Waals surface area contributed by atoms with Crippen molar-refractivity contribution in [2.45, 2.75) is 26.7 Å². The Kier molecular flexibility index (Phi) is 1.68. The molecule has 0 N–H and O–H groups in total. The number of aryl methyl sites for hydroxylation is 1. The highest BCUT2D eigenvalue weighted by atomic mass is 15.1. The Morgan fingerprint density at radius 1 is 1.33 bits per heavy atom. The average molecular weight is 160 g/mol. The summed E-state index contributed by atoms with van der Waals surface area (Å²) in [4.78, 5) is 0. The van der Waals surface area contributed by atoms with E-state index in [-0.39, 0.29) is 0 Å². The zero-order chi connectivity index (χ0) is 8.55. The number of hydrogen-bond donors (Lipinski definition) is 0. The molecule has 62 valence electrons. The van der Waals surface area contributed by atoms with Gasteiger partial charge in [0.05, 0.1) is 11.9 Å². The maximum absolute atomic E-state index is 4.03. The van der Waals surface area contributed by atoms with E-state index < -0.39 is 0 Å². The summed E-state index contributed by atoms with van der Waals surface area (Å²) in [6.07, 6.45) is 6.43. The third kappa shape index (κ3) is 1.04. The second-order valence-corrected chi connectivity index (χ2v) is 3.28. The maximum atomic E-state index is 4.03. The molecule has 1 heterocycles. The molecule has 2 heteroatoms. The minimum Gasteiger partial charge on any atom is -0.158 e. The first-order chi connectivity index (χ1) is 5.79. The van der Waals surface area contributed by atoms with Gasteiger partial charge >= 0.3 is 0 Å². The molecule has 1 aliphatic rings. The lowest BCUT2D eigenvalue weighted by Crippen LogP contribution is -2.33. The van der Waals surface area contributed by atoms with E-state index in [9.17, 15) is 0 Å². The van der Waals surface area contributed by atoms with E-state index in [4.69, 9.17) is 0 Å². The number of nitrogens with zero attached hydrogens (tertiary/aromatic N) is 2. The Balaban J connectivity index is 2.93. The highest BCUT2D eigenvalue weighted by Crippen LogP contribution is 2.05. The Hall–Kier alpha value is -1.18. The van der Waals surface area contributed by atoms with E-state index in [0.717, 1.165) is 18.5 Å². The third-order valence-corrected chi connectivity index (χ3v) is 2.40. The minimum absolute atomic E-state index is 1.05. The summed E-state index contributed by atoms with van der Waals surface area (Å²) < 4.78 is 0. The van der Waals surface area contributed by atoms with Crippen LogP contribution in [0.4, 0.5) is 0 Å². The van der Waals surface area contributed by atoms with E-state index in [0.29, 0.717) is 0 Å². The van der Waals surface area contributed by atoms with E-state index in [1.165, 1.54) is 16.0 Å². The first-order valence-corrected chi connectivity index (χ1v) is 4.27. The largest absolute Gasteiger partial charge is 0.158 e. The zero-order valence-electron chi connectivity index (χ0n) is 7.46. The molecule has 0 atom stereocenters. The highest BCUT2D eigenvalue weighted by molar-refractivity contribution is 5.48. The second kappa shape index (κ2) is 2.70. The summed E-state index contributed by atoms with van der Waals surface area (Å²) in [5.41, 5.74) is 2.48. The molecule has 1 aromatic rings. The van der Waals surface area contributed by atoms with Gasteiger partial charge in [0.15, 0.2) is 0 Å². The van der Waals surface area contributed by atoms with Crippen LogP contribution in [0.5, 0.6) is 0 Å². The molecule has 0 fully saturated rings. The fraction of sp³-hybridized carbons (Fsp3) is 0.400. The highest BCUT2D eigenvalue weighted by Gasteiger charge is 2.01. The minimum atomic E-state index is 1.05. The Bertz CT molecular complexity index is 418. The molecule has 1 aliphatic carbocycles. The van der Waals surface area contributed by atoms with Crippen molar-refractivity contribution in [2.24, 2.45) is 0 Å². The summed E-state index contributed by atoms with van der Waals surface area (Å²) in [5, 5.41) is 10.6. The normalized spacial score (nSPS) is 15.3. The number of aromatic nitrogens is 2. The van der Waals surface area contributed by atoms with Crippen molar-refractivity contribution in [1.82, 2.24) is 10.2 Å². The van der Waals surface area contributed by atoms with Crippen LogP contribution in [0.3, 0.4) is 0 Å². The van der Waals surface area contributed by atoms with Crippen LogP contribution >= 0.6 is 0 Å². The summed E-state index contributed by atoms with van der Waals surface area (Å²) in [5.74, 6) is 0. The van der Waals surface area contributed by atoms with Gasteiger partial charge in [0, 0.05) is 10.4 Å². The molecule has 0 saturated carbocycles. The quantitative estimate of drug-likeness (QED) is 0.553. The molecule has 0 aliphatic heterocycles. The van der Waals surface area contributed by atoms with Crippen molar-refractivity contribution in [3.63, 3.8) is 0 Å². The zero-order valence-corrected chi connectivity index (χ0v) is 7.46. The van der Waals surface area contributed by atoms with E-state index >= 15 is 0 Å². The SMILES string of the molecule is CC1=c2cnnc(C)c2=CCC1. The lowest BCUT2D eigenvalue weighted by Gasteiger charge is -2.05. The van der Waals surface area contributed by atoms with Crippen molar-refractivity contribution in [3.8, 4) is 0 Å². The van der Waals surface area contributed by atoms with Crippen molar-refractivity contribution in [1.29, 1.82) is 0 Å². The topological polar surface area (TPSA) is 25.8 Å². The van der Waals surface area contributed by atoms with Crippen molar-refractivity contribution in [3.05, 3.63) is 22.3 Å². The predicted molar refractivity (Wildman–Crippen MR) is 48.8 cm³/mol. The van der Waals surface area contributed by atoms with Gasteiger partial charge in [-0.15, -0.1) is 0 Å². The van der Waals surface area contributed by atoms with Crippen molar-refractivity contribution < 1.29 is 0 Å². The Morgan fingerprint density at radius 2 is 2.17 bits per heavy atom. The van der Waals surface area contributed by atoms with Crippen molar-refractivity contribution in [2.75, 3.05) is 0 Å². The van der Waals surface area contributed by atoms with Gasteiger partial charge in [-0.1, -0.05) is 11.6 Å². The molecule has 0 unspecified atom stereocenters. The standard InChI is InChI=1S/C10H12N2/c1-7-4-3-5-9-8(2)12-11-6-10(7)9/h5-6H,3-4H2,1-2H3. The number of fused-ring (bicyclic) bond motifs is 1. The summed E-state index contributed by atoms with van der Waals surface area (Å²) in [6, 6.07) is 0. The summed E-state index contributed by atoms with van der Waals surface area (Å²) >= 11 is 0. The van der Waals surface area contributed by atoms with Crippen LogP contribution in [-0.4, -0.2) is 10.2 Å². The molecule has 2 nitrogen and oxygen atoms in total. The van der Waals surface area contributed by atoms with Gasteiger partial charge in [-0.2, -0.15) is 10.2 Å². The molecule has 0 bridgehead atoms. The summed E-state index contributed by atoms with van der Waals surface area (Å²) in [6.45, 7) is 4.19. The monoisotopic (exact) mass is 160 g/mol. The van der Waals surface area contributed by atoms with Gasteiger partial charge in [0.1, 0.15) is 0 Å².